The minimum atomic E-state index is -1.24. The van der Waals surface area contributed by atoms with Gasteiger partial charge >= 0.3 is 0 Å². The highest BCUT2D eigenvalue weighted by Gasteiger charge is 2.36. The highest BCUT2D eigenvalue weighted by molar-refractivity contribution is 6.34. The largest absolute Gasteiger partial charge is 0.494 e. The lowest BCUT2D eigenvalue weighted by atomic mass is 9.88. The Bertz CT molecular complexity index is 2050. The number of unbranched alkanes of at least 4 members (excludes halogenated alkanes) is 2. The molecule has 14 nitrogen and oxygen atoms in total. The van der Waals surface area contributed by atoms with Crippen LogP contribution in [-0.4, -0.2) is 86.6 Å². The second-order valence-electron chi connectivity index (χ2n) is 15.3. The summed E-state index contributed by atoms with van der Waals surface area (Å²) in [6, 6.07) is 15.0. The lowest BCUT2D eigenvalue weighted by molar-refractivity contribution is -0.142. The summed E-state index contributed by atoms with van der Waals surface area (Å²) in [6.45, 7) is 5.05. The summed E-state index contributed by atoms with van der Waals surface area (Å²) in [6.07, 6.45) is 2.56. The van der Waals surface area contributed by atoms with Crippen LogP contribution in [0.15, 0.2) is 54.6 Å². The number of hydrogen-bond acceptors (Lipinski definition) is 12. The van der Waals surface area contributed by atoms with Crippen LogP contribution < -0.4 is 36.7 Å². The number of nitrogens with zero attached hydrogens (tertiary/aromatic N) is 2. The van der Waals surface area contributed by atoms with Gasteiger partial charge in [-0.15, -0.1) is 0 Å². The maximum Gasteiger partial charge on any atom is 0.226 e. The van der Waals surface area contributed by atoms with Gasteiger partial charge in [0.2, 0.25) is 11.8 Å². The molecule has 3 aromatic carbocycles. The number of rotatable bonds is 21. The SMILES string of the molecule is CCCCCOc1ccc(C(=O)C[C@@H](CCN)C(=O)N(C)[C@@H]2C(=O)C[C@@H](C)C(=O)N[C@H](C(=O)CCC#N)Cc3ccc(OCCN)c(c3)-c3cc2ccc3OCCN)c(Cl)c1. The Morgan fingerprint density at radius 3 is 2.23 bits per heavy atom. The zero-order valence-corrected chi connectivity index (χ0v) is 36.1. The highest BCUT2D eigenvalue weighted by atomic mass is 35.5. The molecule has 4 atom stereocenters. The molecule has 1 aliphatic rings. The molecule has 0 aliphatic carbocycles. The van der Waals surface area contributed by atoms with Crippen molar-refractivity contribution >= 4 is 40.8 Å². The fourth-order valence-electron chi connectivity index (χ4n) is 7.33. The smallest absolute Gasteiger partial charge is 0.226 e. The Morgan fingerprint density at radius 1 is 0.902 bits per heavy atom. The predicted molar refractivity (Wildman–Crippen MR) is 233 cm³/mol. The van der Waals surface area contributed by atoms with Crippen molar-refractivity contribution in [3.63, 3.8) is 0 Å². The summed E-state index contributed by atoms with van der Waals surface area (Å²) in [5.74, 6) is -2.68. The fourth-order valence-corrected chi connectivity index (χ4v) is 7.60. The fraction of sp³-hybridized carbons (Fsp3) is 0.478. The van der Waals surface area contributed by atoms with E-state index in [0.717, 1.165) is 19.3 Å². The zero-order valence-electron chi connectivity index (χ0n) is 35.4. The third-order valence-electron chi connectivity index (χ3n) is 10.6. The number of carbonyl (C=O) groups excluding carboxylic acids is 5. The van der Waals surface area contributed by atoms with E-state index in [1.165, 1.54) is 11.9 Å². The van der Waals surface area contributed by atoms with Crippen molar-refractivity contribution in [1.29, 1.82) is 5.26 Å². The number of hydrogen-bond donors (Lipinski definition) is 4. The van der Waals surface area contributed by atoms with Crippen LogP contribution in [0.3, 0.4) is 0 Å². The Balaban J connectivity index is 1.81. The van der Waals surface area contributed by atoms with Crippen molar-refractivity contribution < 1.29 is 38.2 Å². The molecule has 328 valence electrons. The molecule has 3 aromatic rings. The summed E-state index contributed by atoms with van der Waals surface area (Å²) in [5, 5.41) is 12.2. The van der Waals surface area contributed by atoms with E-state index >= 15 is 0 Å². The van der Waals surface area contributed by atoms with Crippen LogP contribution in [0.1, 0.15) is 92.7 Å². The quantitative estimate of drug-likeness (QED) is 0.0769. The molecule has 1 aliphatic heterocycles. The number of fused-ring (bicyclic) bond motifs is 5. The molecule has 0 saturated heterocycles. The van der Waals surface area contributed by atoms with Crippen LogP contribution in [-0.2, 0) is 25.6 Å². The summed E-state index contributed by atoms with van der Waals surface area (Å²) in [4.78, 5) is 71.5. The maximum absolute atomic E-state index is 14.6. The molecule has 15 heteroatoms. The van der Waals surface area contributed by atoms with E-state index in [1.807, 2.05) is 12.1 Å². The zero-order chi connectivity index (χ0) is 44.5. The van der Waals surface area contributed by atoms with Crippen molar-refractivity contribution in [2.45, 2.75) is 83.7 Å². The summed E-state index contributed by atoms with van der Waals surface area (Å²) < 4.78 is 18.0. The lowest BCUT2D eigenvalue weighted by Crippen LogP contribution is -2.46. The first-order chi connectivity index (χ1) is 29.4. The minimum Gasteiger partial charge on any atom is -0.494 e. The van der Waals surface area contributed by atoms with Gasteiger partial charge in [-0.1, -0.05) is 50.4 Å². The third-order valence-corrected chi connectivity index (χ3v) is 10.9. The van der Waals surface area contributed by atoms with Crippen molar-refractivity contribution in [2.75, 3.05) is 46.5 Å². The van der Waals surface area contributed by atoms with Crippen molar-refractivity contribution in [3.05, 3.63) is 76.3 Å². The van der Waals surface area contributed by atoms with E-state index in [1.54, 1.807) is 55.5 Å². The van der Waals surface area contributed by atoms with Gasteiger partial charge < -0.3 is 41.6 Å². The topological polar surface area (TPSA) is 230 Å². The predicted octanol–water partition coefficient (Wildman–Crippen LogP) is 5.50. The van der Waals surface area contributed by atoms with Gasteiger partial charge in [0, 0.05) is 74.3 Å². The third kappa shape index (κ3) is 13.3. The van der Waals surface area contributed by atoms with Gasteiger partial charge in [-0.05, 0) is 79.4 Å². The number of halogens is 1. The molecule has 0 saturated carbocycles. The maximum atomic E-state index is 14.6. The van der Waals surface area contributed by atoms with E-state index in [0.29, 0.717) is 46.1 Å². The van der Waals surface area contributed by atoms with Crippen LogP contribution >= 0.6 is 11.6 Å². The number of ketones is 3. The van der Waals surface area contributed by atoms with E-state index < -0.39 is 41.5 Å². The molecule has 61 heavy (non-hydrogen) atoms. The van der Waals surface area contributed by atoms with E-state index in [9.17, 15) is 29.2 Å². The molecule has 0 spiro atoms. The van der Waals surface area contributed by atoms with E-state index in [4.69, 9.17) is 43.0 Å². The van der Waals surface area contributed by atoms with Crippen LogP contribution in [0, 0.1) is 23.2 Å². The van der Waals surface area contributed by atoms with Gasteiger partial charge in [-0.2, -0.15) is 5.26 Å². The highest BCUT2D eigenvalue weighted by Crippen LogP contribution is 2.41. The second-order valence-corrected chi connectivity index (χ2v) is 15.7. The van der Waals surface area contributed by atoms with Gasteiger partial charge in [0.1, 0.15) is 36.5 Å². The van der Waals surface area contributed by atoms with Gasteiger partial charge in [0.15, 0.2) is 17.3 Å². The molecular weight excluding hydrogens is 800 g/mol. The number of likely N-dealkylation sites (N-methyl/N-ethyl adjacent to an activating group) is 1. The Morgan fingerprint density at radius 2 is 1.59 bits per heavy atom. The molecular formula is C46H59ClN6O8. The van der Waals surface area contributed by atoms with Crippen molar-refractivity contribution in [2.24, 2.45) is 29.0 Å². The van der Waals surface area contributed by atoms with Crippen LogP contribution in [0.4, 0.5) is 0 Å². The second kappa shape index (κ2) is 24.2. The molecule has 2 amide bonds. The minimum absolute atomic E-state index is 0.0305. The molecule has 4 bridgehead atoms. The number of Topliss-reactive ketones (excluding diaryl/α,β-unsaturated/α-hetero) is 3. The van der Waals surface area contributed by atoms with Crippen LogP contribution in [0.2, 0.25) is 5.02 Å². The molecule has 4 rings (SSSR count). The summed E-state index contributed by atoms with van der Waals surface area (Å²) >= 11 is 6.57. The van der Waals surface area contributed by atoms with Gasteiger partial charge in [-0.25, -0.2) is 0 Å². The number of nitrogens with two attached hydrogens (primary N) is 3. The first kappa shape index (κ1) is 48.3. The number of ether oxygens (including phenoxy) is 3. The number of amides is 2. The molecule has 0 aromatic heterocycles. The molecule has 0 fully saturated rings. The average molecular weight is 859 g/mol. The molecule has 1 heterocycles. The van der Waals surface area contributed by atoms with Gasteiger partial charge in [-0.3, -0.25) is 24.0 Å². The number of carbonyl (C=O) groups is 5. The number of nitriles is 1. The van der Waals surface area contributed by atoms with E-state index in [2.05, 4.69) is 12.2 Å². The number of nitrogens with one attached hydrogen (secondary N) is 1. The summed E-state index contributed by atoms with van der Waals surface area (Å²) in [5.41, 5.74) is 20.0. The molecule has 0 radical (unpaired) electrons. The monoisotopic (exact) mass is 858 g/mol. The van der Waals surface area contributed by atoms with E-state index in [-0.39, 0.29) is 93.5 Å². The molecule has 7 N–H and O–H groups in total. The van der Waals surface area contributed by atoms with Crippen molar-refractivity contribution in [3.8, 4) is 34.4 Å². The first-order valence-corrected chi connectivity index (χ1v) is 21.3. The Kier molecular flexibility index (Phi) is 19.2. The Hall–Kier alpha value is -5.33. The first-order valence-electron chi connectivity index (χ1n) is 20.9. The normalized spacial score (nSPS) is 17.0. The standard InChI is InChI=1S/C46H59ClN6O8/c1-4-5-6-20-59-33-11-12-34(37(47)28-33)40(55)27-32(15-17-49)46(58)53(3)44-31-10-14-43(61-22-19-51)36(26-31)35-24-30(9-13-42(35)60-21-18-50)25-38(39(54)8-7-16-48)52-45(57)29(2)23-41(44)56/h9-14,24,26,28-29,32,38,44H,4-8,15,17-23,25,27,49-51H2,1-3H3,(H,52,57)/t29-,32-,38+,44+/m1/s1. The van der Waals surface area contributed by atoms with Gasteiger partial charge in [0.05, 0.1) is 23.7 Å². The molecule has 0 unspecified atom stereocenters. The summed E-state index contributed by atoms with van der Waals surface area (Å²) in [7, 11) is 1.49. The average Bonchev–Trinajstić information content (AvgIpc) is 3.24. The van der Waals surface area contributed by atoms with Crippen LogP contribution in [0.25, 0.3) is 11.1 Å². The van der Waals surface area contributed by atoms with Gasteiger partial charge in [0.25, 0.3) is 0 Å². The lowest BCUT2D eigenvalue weighted by Gasteiger charge is -2.32. The van der Waals surface area contributed by atoms with Crippen molar-refractivity contribution in [1.82, 2.24) is 10.2 Å². The van der Waals surface area contributed by atoms with Crippen LogP contribution in [0.5, 0.6) is 17.2 Å². The number of benzene rings is 3. The Labute approximate surface area is 363 Å².